The average Bonchev–Trinajstić information content (AvgIpc) is 2.46. The van der Waals surface area contributed by atoms with E-state index in [0.717, 1.165) is 12.1 Å². The molecule has 2 rings (SSSR count). The Morgan fingerprint density at radius 1 is 1.19 bits per heavy atom. The molecule has 0 N–H and O–H groups in total. The number of carbonyl (C=O) groups excluding carboxylic acids is 1. The Kier molecular flexibility index (Phi) is 4.26. The maximum absolute atomic E-state index is 12.5. The Bertz CT molecular complexity index is 636. The van der Waals surface area contributed by atoms with Crippen molar-refractivity contribution in [3.8, 4) is 11.3 Å². The van der Waals surface area contributed by atoms with Gasteiger partial charge in [0.2, 0.25) is 0 Å². The predicted octanol–water partition coefficient (Wildman–Crippen LogP) is 3.48. The molecule has 2 aromatic rings. The monoisotopic (exact) mass is 295 g/mol. The van der Waals surface area contributed by atoms with E-state index in [2.05, 4.69) is 9.72 Å². The van der Waals surface area contributed by atoms with Crippen molar-refractivity contribution in [3.05, 3.63) is 53.7 Å². The number of pyridine rings is 1. The van der Waals surface area contributed by atoms with Crippen molar-refractivity contribution in [1.82, 2.24) is 4.98 Å². The van der Waals surface area contributed by atoms with Crippen LogP contribution in [-0.2, 0) is 22.1 Å². The number of aromatic nitrogens is 1. The summed E-state index contributed by atoms with van der Waals surface area (Å²) in [7, 11) is 1.29. The molecule has 0 atom stereocenters. The Morgan fingerprint density at radius 2 is 1.86 bits per heavy atom. The minimum Gasteiger partial charge on any atom is -0.469 e. The molecular formula is C15H12F3NO2. The van der Waals surface area contributed by atoms with Crippen LogP contribution in [0.1, 0.15) is 11.1 Å². The maximum Gasteiger partial charge on any atom is 0.416 e. The molecule has 1 aromatic heterocycles. The van der Waals surface area contributed by atoms with Gasteiger partial charge in [0.15, 0.2) is 0 Å². The summed E-state index contributed by atoms with van der Waals surface area (Å²) in [6, 6.07) is 8.03. The van der Waals surface area contributed by atoms with Gasteiger partial charge in [0.05, 0.1) is 24.8 Å². The lowest BCUT2D eigenvalue weighted by molar-refractivity contribution is -0.140. The minimum absolute atomic E-state index is 0.0899. The molecule has 0 saturated carbocycles. The van der Waals surface area contributed by atoms with E-state index in [-0.39, 0.29) is 12.4 Å². The molecular weight excluding hydrogens is 283 g/mol. The Balaban J connectivity index is 2.26. The number of halogens is 3. The van der Waals surface area contributed by atoms with Crippen molar-refractivity contribution in [2.24, 2.45) is 0 Å². The molecule has 1 aromatic carbocycles. The SMILES string of the molecule is COC(=O)Cc1ccnc(-c2ccc(C(F)(F)F)cc2)c1. The molecule has 0 aliphatic rings. The van der Waals surface area contributed by atoms with Gasteiger partial charge < -0.3 is 4.74 Å². The van der Waals surface area contributed by atoms with Crippen molar-refractivity contribution in [2.75, 3.05) is 7.11 Å². The van der Waals surface area contributed by atoms with Crippen LogP contribution in [0.2, 0.25) is 0 Å². The Labute approximate surface area is 119 Å². The van der Waals surface area contributed by atoms with Gasteiger partial charge in [0, 0.05) is 11.8 Å². The molecule has 0 saturated heterocycles. The molecule has 0 fully saturated rings. The molecule has 0 bridgehead atoms. The molecule has 0 radical (unpaired) electrons. The fourth-order valence-corrected chi connectivity index (χ4v) is 1.81. The van der Waals surface area contributed by atoms with Crippen LogP contribution >= 0.6 is 0 Å². The fourth-order valence-electron chi connectivity index (χ4n) is 1.81. The van der Waals surface area contributed by atoms with E-state index >= 15 is 0 Å². The Hall–Kier alpha value is -2.37. The molecule has 0 amide bonds. The number of hydrogen-bond donors (Lipinski definition) is 0. The third-order valence-electron chi connectivity index (χ3n) is 2.91. The molecule has 0 spiro atoms. The number of ether oxygens (including phenoxy) is 1. The number of hydrogen-bond acceptors (Lipinski definition) is 3. The summed E-state index contributed by atoms with van der Waals surface area (Å²) in [5.74, 6) is -0.389. The summed E-state index contributed by atoms with van der Waals surface area (Å²) in [4.78, 5) is 15.3. The highest BCUT2D eigenvalue weighted by molar-refractivity contribution is 5.73. The summed E-state index contributed by atoms with van der Waals surface area (Å²) in [6.45, 7) is 0. The van der Waals surface area contributed by atoms with Crippen LogP contribution in [0.5, 0.6) is 0 Å². The first kappa shape index (κ1) is 15.0. The van der Waals surface area contributed by atoms with E-state index in [0.29, 0.717) is 16.8 Å². The zero-order valence-corrected chi connectivity index (χ0v) is 11.1. The zero-order chi connectivity index (χ0) is 15.5. The first-order valence-electron chi connectivity index (χ1n) is 6.09. The number of nitrogens with zero attached hydrogens (tertiary/aromatic N) is 1. The molecule has 0 aliphatic carbocycles. The largest absolute Gasteiger partial charge is 0.469 e. The van der Waals surface area contributed by atoms with Crippen molar-refractivity contribution in [1.29, 1.82) is 0 Å². The topological polar surface area (TPSA) is 39.2 Å². The molecule has 110 valence electrons. The minimum atomic E-state index is -4.36. The predicted molar refractivity (Wildman–Crippen MR) is 70.4 cm³/mol. The number of esters is 1. The van der Waals surface area contributed by atoms with E-state index in [1.807, 2.05) is 0 Å². The van der Waals surface area contributed by atoms with Gasteiger partial charge in [-0.2, -0.15) is 13.2 Å². The third-order valence-corrected chi connectivity index (χ3v) is 2.91. The van der Waals surface area contributed by atoms with E-state index < -0.39 is 11.7 Å². The van der Waals surface area contributed by atoms with Crippen LogP contribution in [0.3, 0.4) is 0 Å². The van der Waals surface area contributed by atoms with E-state index in [1.165, 1.54) is 25.4 Å². The van der Waals surface area contributed by atoms with Crippen molar-refractivity contribution in [2.45, 2.75) is 12.6 Å². The van der Waals surface area contributed by atoms with Crippen LogP contribution in [-0.4, -0.2) is 18.1 Å². The fraction of sp³-hybridized carbons (Fsp3) is 0.200. The molecule has 21 heavy (non-hydrogen) atoms. The lowest BCUT2D eigenvalue weighted by atomic mass is 10.1. The second-order valence-electron chi connectivity index (χ2n) is 4.38. The van der Waals surface area contributed by atoms with Gasteiger partial charge in [0.1, 0.15) is 0 Å². The number of methoxy groups -OCH3 is 1. The van der Waals surface area contributed by atoms with Crippen LogP contribution in [0.25, 0.3) is 11.3 Å². The van der Waals surface area contributed by atoms with Gasteiger partial charge in [-0.15, -0.1) is 0 Å². The maximum atomic E-state index is 12.5. The van der Waals surface area contributed by atoms with Gasteiger partial charge >= 0.3 is 12.1 Å². The van der Waals surface area contributed by atoms with Crippen LogP contribution < -0.4 is 0 Å². The van der Waals surface area contributed by atoms with E-state index in [1.54, 1.807) is 12.1 Å². The number of carbonyl (C=O) groups is 1. The summed E-state index contributed by atoms with van der Waals surface area (Å²) >= 11 is 0. The molecule has 0 unspecified atom stereocenters. The van der Waals surface area contributed by atoms with Crippen molar-refractivity contribution < 1.29 is 22.7 Å². The second-order valence-corrected chi connectivity index (χ2v) is 4.38. The standard InChI is InChI=1S/C15H12F3NO2/c1-21-14(20)9-10-6-7-19-13(8-10)11-2-4-12(5-3-11)15(16,17)18/h2-8H,9H2,1H3. The van der Waals surface area contributed by atoms with Gasteiger partial charge in [-0.25, -0.2) is 0 Å². The molecule has 1 heterocycles. The average molecular weight is 295 g/mol. The lowest BCUT2D eigenvalue weighted by Crippen LogP contribution is -2.05. The van der Waals surface area contributed by atoms with Gasteiger partial charge in [-0.1, -0.05) is 12.1 Å². The van der Waals surface area contributed by atoms with E-state index in [4.69, 9.17) is 0 Å². The normalized spacial score (nSPS) is 11.2. The second kappa shape index (κ2) is 5.95. The van der Waals surface area contributed by atoms with Gasteiger partial charge in [-0.3, -0.25) is 9.78 Å². The number of benzene rings is 1. The summed E-state index contributed by atoms with van der Waals surface area (Å²) in [5.41, 5.74) is 1.03. The molecule has 6 heteroatoms. The van der Waals surface area contributed by atoms with Crippen molar-refractivity contribution in [3.63, 3.8) is 0 Å². The lowest BCUT2D eigenvalue weighted by Gasteiger charge is -2.08. The van der Waals surface area contributed by atoms with Gasteiger partial charge in [0.25, 0.3) is 0 Å². The summed E-state index contributed by atoms with van der Waals surface area (Å²) in [5, 5.41) is 0. The van der Waals surface area contributed by atoms with Crippen molar-refractivity contribution >= 4 is 5.97 Å². The summed E-state index contributed by atoms with van der Waals surface area (Å²) in [6.07, 6.45) is -2.77. The Morgan fingerprint density at radius 3 is 2.43 bits per heavy atom. The van der Waals surface area contributed by atoms with Crippen LogP contribution in [0, 0.1) is 0 Å². The molecule has 3 nitrogen and oxygen atoms in total. The first-order valence-corrected chi connectivity index (χ1v) is 6.09. The zero-order valence-electron chi connectivity index (χ0n) is 11.1. The van der Waals surface area contributed by atoms with Crippen LogP contribution in [0.15, 0.2) is 42.6 Å². The highest BCUT2D eigenvalue weighted by Crippen LogP contribution is 2.30. The first-order chi connectivity index (χ1) is 9.90. The number of rotatable bonds is 3. The quantitative estimate of drug-likeness (QED) is 0.814. The van der Waals surface area contributed by atoms with Gasteiger partial charge in [-0.05, 0) is 29.8 Å². The summed E-state index contributed by atoms with van der Waals surface area (Å²) < 4.78 is 42.1. The highest BCUT2D eigenvalue weighted by Gasteiger charge is 2.29. The van der Waals surface area contributed by atoms with Crippen LogP contribution in [0.4, 0.5) is 13.2 Å². The highest BCUT2D eigenvalue weighted by atomic mass is 19.4. The third kappa shape index (κ3) is 3.81. The number of alkyl halides is 3. The smallest absolute Gasteiger partial charge is 0.416 e. The van der Waals surface area contributed by atoms with E-state index in [9.17, 15) is 18.0 Å². The molecule has 0 aliphatic heterocycles.